The Morgan fingerprint density at radius 2 is 2.12 bits per heavy atom. The lowest BCUT2D eigenvalue weighted by molar-refractivity contribution is -0.0152. The van der Waals surface area contributed by atoms with Crippen LogP contribution in [0.2, 0.25) is 0 Å². The molecule has 0 amide bonds. The Morgan fingerprint density at radius 3 is 2.88 bits per heavy atom. The molecule has 1 saturated heterocycles. The molecular formula is C13H19NO2. The lowest BCUT2D eigenvalue weighted by Gasteiger charge is -2.28. The number of benzene rings is 1. The number of rotatable bonds is 4. The van der Waals surface area contributed by atoms with Crippen molar-refractivity contribution in [3.63, 3.8) is 0 Å². The molecule has 2 N–H and O–H groups in total. The van der Waals surface area contributed by atoms with Crippen LogP contribution in [-0.2, 0) is 11.2 Å². The lowest BCUT2D eigenvalue weighted by Crippen LogP contribution is -2.47. The van der Waals surface area contributed by atoms with Crippen LogP contribution in [0.3, 0.4) is 0 Å². The molecule has 88 valence electrons. The topological polar surface area (TPSA) is 41.5 Å². The summed E-state index contributed by atoms with van der Waals surface area (Å²) in [6.07, 6.45) is 1.47. The quantitative estimate of drug-likeness (QED) is 0.796. The number of aliphatic hydroxyl groups excluding tert-OH is 1. The van der Waals surface area contributed by atoms with Gasteiger partial charge in [-0.3, -0.25) is 0 Å². The number of hydrogen-bond acceptors (Lipinski definition) is 3. The number of nitrogens with one attached hydrogen (secondary N) is 1. The van der Waals surface area contributed by atoms with Gasteiger partial charge in [0.15, 0.2) is 0 Å². The van der Waals surface area contributed by atoms with E-state index in [0.717, 1.165) is 19.4 Å². The molecule has 3 heteroatoms. The molecule has 0 bridgehead atoms. The Bertz CT molecular complexity index is 302. The van der Waals surface area contributed by atoms with Crippen LogP contribution in [0, 0.1) is 0 Å². The molecule has 1 aromatic carbocycles. The molecule has 2 atom stereocenters. The minimum absolute atomic E-state index is 0.0949. The predicted octanol–water partition coefficient (Wildman–Crippen LogP) is 0.968. The number of hydrogen-bond donors (Lipinski definition) is 2. The maximum atomic E-state index is 9.72. The zero-order chi connectivity index (χ0) is 11.2. The second-order valence-electron chi connectivity index (χ2n) is 4.23. The highest BCUT2D eigenvalue weighted by molar-refractivity contribution is 5.14. The number of aliphatic hydroxyl groups is 1. The van der Waals surface area contributed by atoms with Gasteiger partial charge in [0.05, 0.1) is 18.8 Å². The monoisotopic (exact) mass is 221 g/mol. The van der Waals surface area contributed by atoms with Crippen LogP contribution in [0.15, 0.2) is 30.3 Å². The van der Waals surface area contributed by atoms with Gasteiger partial charge in [0.1, 0.15) is 0 Å². The highest BCUT2D eigenvalue weighted by atomic mass is 16.5. The Kier molecular flexibility index (Phi) is 4.34. The molecular weight excluding hydrogens is 202 g/mol. The van der Waals surface area contributed by atoms with Crippen molar-refractivity contribution in [2.45, 2.75) is 25.0 Å². The van der Waals surface area contributed by atoms with Gasteiger partial charge < -0.3 is 15.2 Å². The molecule has 0 spiro atoms. The van der Waals surface area contributed by atoms with E-state index in [4.69, 9.17) is 4.74 Å². The fourth-order valence-electron chi connectivity index (χ4n) is 1.97. The van der Waals surface area contributed by atoms with E-state index in [1.807, 2.05) is 18.2 Å². The Morgan fingerprint density at radius 1 is 1.31 bits per heavy atom. The molecule has 2 rings (SSSR count). The summed E-state index contributed by atoms with van der Waals surface area (Å²) in [4.78, 5) is 0. The third-order valence-electron chi connectivity index (χ3n) is 2.98. The van der Waals surface area contributed by atoms with Crippen LogP contribution in [-0.4, -0.2) is 37.0 Å². The molecule has 1 aliphatic heterocycles. The van der Waals surface area contributed by atoms with Gasteiger partial charge in [0.2, 0.25) is 0 Å². The van der Waals surface area contributed by atoms with Gasteiger partial charge in [-0.1, -0.05) is 30.3 Å². The Balaban J connectivity index is 1.71. The molecule has 0 radical (unpaired) electrons. The van der Waals surface area contributed by atoms with Crippen LogP contribution in [0.4, 0.5) is 0 Å². The van der Waals surface area contributed by atoms with E-state index >= 15 is 0 Å². The molecule has 1 aliphatic rings. The molecule has 0 saturated carbocycles. The van der Waals surface area contributed by atoms with E-state index < -0.39 is 0 Å². The van der Waals surface area contributed by atoms with E-state index in [9.17, 15) is 5.11 Å². The molecule has 1 heterocycles. The van der Waals surface area contributed by atoms with Gasteiger partial charge in [0.25, 0.3) is 0 Å². The van der Waals surface area contributed by atoms with Crippen molar-refractivity contribution >= 4 is 0 Å². The van der Waals surface area contributed by atoms with Gasteiger partial charge in [0, 0.05) is 6.61 Å². The highest BCUT2D eigenvalue weighted by Gasteiger charge is 2.22. The molecule has 1 aromatic rings. The second-order valence-corrected chi connectivity index (χ2v) is 4.23. The first kappa shape index (κ1) is 11.6. The van der Waals surface area contributed by atoms with E-state index in [1.54, 1.807) is 0 Å². The summed E-state index contributed by atoms with van der Waals surface area (Å²) >= 11 is 0. The zero-order valence-corrected chi connectivity index (χ0v) is 9.43. The van der Waals surface area contributed by atoms with Crippen LogP contribution in [0.25, 0.3) is 0 Å². The van der Waals surface area contributed by atoms with Gasteiger partial charge in [-0.15, -0.1) is 0 Å². The van der Waals surface area contributed by atoms with Crippen molar-refractivity contribution in [1.29, 1.82) is 0 Å². The van der Waals surface area contributed by atoms with Gasteiger partial charge in [-0.2, -0.15) is 0 Å². The van der Waals surface area contributed by atoms with Crippen molar-refractivity contribution in [2.24, 2.45) is 0 Å². The Labute approximate surface area is 96.4 Å². The fraction of sp³-hybridized carbons (Fsp3) is 0.538. The van der Waals surface area contributed by atoms with Crippen LogP contribution in [0.5, 0.6) is 0 Å². The maximum absolute atomic E-state index is 9.72. The molecule has 3 nitrogen and oxygen atoms in total. The first-order valence-corrected chi connectivity index (χ1v) is 5.89. The van der Waals surface area contributed by atoms with E-state index in [-0.39, 0.29) is 12.1 Å². The van der Waals surface area contributed by atoms with Crippen LogP contribution >= 0.6 is 0 Å². The van der Waals surface area contributed by atoms with Crippen molar-refractivity contribution in [3.8, 4) is 0 Å². The summed E-state index contributed by atoms with van der Waals surface area (Å²) in [5.41, 5.74) is 1.32. The summed E-state index contributed by atoms with van der Waals surface area (Å²) < 4.78 is 5.33. The van der Waals surface area contributed by atoms with E-state index in [0.29, 0.717) is 13.2 Å². The molecule has 0 aromatic heterocycles. The summed E-state index contributed by atoms with van der Waals surface area (Å²) in [5, 5.41) is 13.1. The number of ether oxygens (including phenoxy) is 1. The van der Waals surface area contributed by atoms with Gasteiger partial charge >= 0.3 is 0 Å². The van der Waals surface area contributed by atoms with Gasteiger partial charge in [-0.25, -0.2) is 0 Å². The van der Waals surface area contributed by atoms with E-state index in [1.165, 1.54) is 5.56 Å². The van der Waals surface area contributed by atoms with Crippen molar-refractivity contribution in [1.82, 2.24) is 5.32 Å². The summed E-state index contributed by atoms with van der Waals surface area (Å²) in [6.45, 7) is 2.18. The molecule has 16 heavy (non-hydrogen) atoms. The normalized spacial score (nSPS) is 25.6. The van der Waals surface area contributed by atoms with Gasteiger partial charge in [-0.05, 0) is 24.9 Å². The third-order valence-corrected chi connectivity index (χ3v) is 2.98. The smallest absolute Gasteiger partial charge is 0.0737 e. The largest absolute Gasteiger partial charge is 0.391 e. The minimum atomic E-state index is -0.260. The Hall–Kier alpha value is -0.900. The first-order valence-electron chi connectivity index (χ1n) is 5.89. The third kappa shape index (κ3) is 3.30. The SMILES string of the molecule is O[C@@H]1CCOC[C@H]1NCCc1ccccc1. The fourth-order valence-corrected chi connectivity index (χ4v) is 1.97. The van der Waals surface area contributed by atoms with Crippen LogP contribution < -0.4 is 5.32 Å². The lowest BCUT2D eigenvalue weighted by atomic mass is 10.1. The summed E-state index contributed by atoms with van der Waals surface area (Å²) in [6, 6.07) is 10.5. The maximum Gasteiger partial charge on any atom is 0.0737 e. The van der Waals surface area contributed by atoms with E-state index in [2.05, 4.69) is 17.4 Å². The summed E-state index contributed by atoms with van der Waals surface area (Å²) in [7, 11) is 0. The molecule has 1 fully saturated rings. The second kappa shape index (κ2) is 5.99. The van der Waals surface area contributed by atoms with Crippen molar-refractivity contribution < 1.29 is 9.84 Å². The highest BCUT2D eigenvalue weighted by Crippen LogP contribution is 2.07. The van der Waals surface area contributed by atoms with Crippen molar-refractivity contribution in [3.05, 3.63) is 35.9 Å². The standard InChI is InChI=1S/C13H19NO2/c15-13-7-9-16-10-12(13)14-8-6-11-4-2-1-3-5-11/h1-5,12-15H,6-10H2/t12-,13-/m1/s1. The van der Waals surface area contributed by atoms with Crippen molar-refractivity contribution in [2.75, 3.05) is 19.8 Å². The minimum Gasteiger partial charge on any atom is -0.391 e. The molecule has 0 unspecified atom stereocenters. The average molecular weight is 221 g/mol. The van der Waals surface area contributed by atoms with Crippen LogP contribution in [0.1, 0.15) is 12.0 Å². The average Bonchev–Trinajstić information content (AvgIpc) is 2.33. The first-order chi connectivity index (χ1) is 7.86. The summed E-state index contributed by atoms with van der Waals surface area (Å²) in [5.74, 6) is 0. The predicted molar refractivity (Wildman–Crippen MR) is 63.4 cm³/mol. The zero-order valence-electron chi connectivity index (χ0n) is 9.43. The molecule has 0 aliphatic carbocycles.